The second-order valence-corrected chi connectivity index (χ2v) is 5.38. The monoisotopic (exact) mass is 298 g/mol. The molecule has 1 amide bonds. The minimum absolute atomic E-state index is 0.0492. The first-order valence-corrected chi connectivity index (χ1v) is 6.99. The van der Waals surface area contributed by atoms with Gasteiger partial charge in [-0.1, -0.05) is 13.0 Å². The van der Waals surface area contributed by atoms with E-state index >= 15 is 0 Å². The summed E-state index contributed by atoms with van der Waals surface area (Å²) in [4.78, 5) is 12.0. The Hall–Kier alpha value is -1.53. The number of carbonyl (C=O) groups excluding carboxylic acids is 1. The first kappa shape index (κ1) is 15.9. The van der Waals surface area contributed by atoms with Gasteiger partial charge in [-0.05, 0) is 17.5 Å². The van der Waals surface area contributed by atoms with E-state index < -0.39 is 11.6 Å². The van der Waals surface area contributed by atoms with Gasteiger partial charge in [0.05, 0.1) is 12.1 Å². The van der Waals surface area contributed by atoms with E-state index in [0.29, 0.717) is 18.7 Å². The van der Waals surface area contributed by atoms with Crippen LogP contribution in [-0.4, -0.2) is 38.3 Å². The minimum Gasteiger partial charge on any atom is -0.378 e. The molecule has 1 heterocycles. The Morgan fingerprint density at radius 2 is 2.24 bits per heavy atom. The minimum atomic E-state index is -0.618. The molecule has 1 aliphatic heterocycles. The van der Waals surface area contributed by atoms with E-state index in [1.165, 1.54) is 12.1 Å². The van der Waals surface area contributed by atoms with Gasteiger partial charge in [-0.3, -0.25) is 4.79 Å². The summed E-state index contributed by atoms with van der Waals surface area (Å²) >= 11 is 0. The largest absolute Gasteiger partial charge is 0.378 e. The highest BCUT2D eigenvalue weighted by atomic mass is 19.1. The molecule has 0 spiro atoms. The Labute approximate surface area is 122 Å². The predicted molar refractivity (Wildman–Crippen MR) is 75.0 cm³/mol. The Bertz CT molecular complexity index is 510. The summed E-state index contributed by atoms with van der Waals surface area (Å²) in [6, 6.07) is 3.35. The summed E-state index contributed by atoms with van der Waals surface area (Å²) in [7, 11) is 1.60. The van der Waals surface area contributed by atoms with E-state index in [2.05, 4.69) is 10.6 Å². The molecule has 6 heteroatoms. The number of nitrogens with one attached hydrogen (secondary N) is 2. The number of methoxy groups -OCH3 is 1. The molecular weight excluding hydrogens is 278 g/mol. The fourth-order valence-electron chi connectivity index (χ4n) is 2.60. The highest BCUT2D eigenvalue weighted by Crippen LogP contribution is 2.22. The summed E-state index contributed by atoms with van der Waals surface area (Å²) in [6.07, 6.45) is 0.0991. The zero-order chi connectivity index (χ0) is 15.4. The molecule has 3 atom stereocenters. The van der Waals surface area contributed by atoms with E-state index in [-0.39, 0.29) is 30.4 Å². The van der Waals surface area contributed by atoms with Crippen molar-refractivity contribution in [1.82, 2.24) is 10.6 Å². The van der Waals surface area contributed by atoms with Crippen LogP contribution >= 0.6 is 0 Å². The van der Waals surface area contributed by atoms with Crippen LogP contribution in [0.5, 0.6) is 0 Å². The van der Waals surface area contributed by atoms with Crippen molar-refractivity contribution in [2.75, 3.05) is 20.2 Å². The van der Waals surface area contributed by atoms with E-state index in [9.17, 15) is 13.6 Å². The summed E-state index contributed by atoms with van der Waals surface area (Å²) in [5.41, 5.74) is 0.347. The molecule has 0 aliphatic carbocycles. The lowest BCUT2D eigenvalue weighted by Crippen LogP contribution is -2.43. The van der Waals surface area contributed by atoms with E-state index in [4.69, 9.17) is 4.74 Å². The molecule has 2 rings (SSSR count). The normalized spacial score (nSPS) is 23.0. The number of hydrogen-bond acceptors (Lipinski definition) is 3. The Morgan fingerprint density at radius 1 is 1.48 bits per heavy atom. The standard InChI is InChI=1S/C15H20F2N2O2/c1-9(11-4-3-10(16)6-12(11)17)5-15(20)19-13-7-18-8-14(13)21-2/h3-4,6,9,13-14,18H,5,7-8H2,1-2H3,(H,19,20)/t9-,13+,14+/m1/s1. The highest BCUT2D eigenvalue weighted by molar-refractivity contribution is 5.77. The molecule has 1 aliphatic rings. The van der Waals surface area contributed by atoms with Crippen LogP contribution in [0.4, 0.5) is 8.78 Å². The Balaban J connectivity index is 1.92. The zero-order valence-corrected chi connectivity index (χ0v) is 12.2. The Kier molecular flexibility index (Phi) is 5.25. The Morgan fingerprint density at radius 3 is 2.90 bits per heavy atom. The average molecular weight is 298 g/mol. The van der Waals surface area contributed by atoms with Crippen LogP contribution in [0.1, 0.15) is 24.8 Å². The fourth-order valence-corrected chi connectivity index (χ4v) is 2.60. The highest BCUT2D eigenvalue weighted by Gasteiger charge is 2.28. The van der Waals surface area contributed by atoms with Gasteiger partial charge in [0.25, 0.3) is 0 Å². The number of amides is 1. The van der Waals surface area contributed by atoms with E-state index in [1.807, 2.05) is 0 Å². The van der Waals surface area contributed by atoms with Crippen LogP contribution < -0.4 is 10.6 Å². The van der Waals surface area contributed by atoms with Gasteiger partial charge in [0.1, 0.15) is 11.6 Å². The van der Waals surface area contributed by atoms with Crippen LogP contribution in [-0.2, 0) is 9.53 Å². The molecule has 2 N–H and O–H groups in total. The lowest BCUT2D eigenvalue weighted by atomic mass is 9.96. The van der Waals surface area contributed by atoms with Crippen molar-refractivity contribution in [3.63, 3.8) is 0 Å². The maximum absolute atomic E-state index is 13.7. The molecule has 0 saturated carbocycles. The average Bonchev–Trinajstić information content (AvgIpc) is 2.85. The molecule has 0 unspecified atom stereocenters. The summed E-state index contributed by atoms with van der Waals surface area (Å²) < 4.78 is 31.8. The lowest BCUT2D eigenvalue weighted by Gasteiger charge is -2.20. The maximum atomic E-state index is 13.7. The second kappa shape index (κ2) is 6.95. The quantitative estimate of drug-likeness (QED) is 0.867. The van der Waals surface area contributed by atoms with Crippen LogP contribution in [0.3, 0.4) is 0 Å². The van der Waals surface area contributed by atoms with Crippen molar-refractivity contribution in [3.8, 4) is 0 Å². The van der Waals surface area contributed by atoms with Gasteiger partial charge in [-0.15, -0.1) is 0 Å². The molecule has 0 radical (unpaired) electrons. The number of rotatable bonds is 5. The van der Waals surface area contributed by atoms with Gasteiger partial charge >= 0.3 is 0 Å². The third-order valence-corrected chi connectivity index (χ3v) is 3.79. The molecule has 21 heavy (non-hydrogen) atoms. The van der Waals surface area contributed by atoms with Crippen LogP contribution in [0.25, 0.3) is 0 Å². The number of benzene rings is 1. The molecule has 1 fully saturated rings. The van der Waals surface area contributed by atoms with Crippen molar-refractivity contribution in [2.45, 2.75) is 31.4 Å². The second-order valence-electron chi connectivity index (χ2n) is 5.38. The van der Waals surface area contributed by atoms with Gasteiger partial charge in [0.2, 0.25) is 5.91 Å². The van der Waals surface area contributed by atoms with Crippen molar-refractivity contribution in [1.29, 1.82) is 0 Å². The van der Waals surface area contributed by atoms with Gasteiger partial charge in [-0.2, -0.15) is 0 Å². The predicted octanol–water partition coefficient (Wildman–Crippen LogP) is 1.56. The van der Waals surface area contributed by atoms with Crippen molar-refractivity contribution < 1.29 is 18.3 Å². The molecule has 116 valence electrons. The zero-order valence-electron chi connectivity index (χ0n) is 12.2. The first-order chi connectivity index (χ1) is 10.0. The summed E-state index contributed by atoms with van der Waals surface area (Å²) in [5.74, 6) is -1.72. The topological polar surface area (TPSA) is 50.4 Å². The summed E-state index contributed by atoms with van der Waals surface area (Å²) in [6.45, 7) is 3.10. The summed E-state index contributed by atoms with van der Waals surface area (Å²) in [5, 5.41) is 6.03. The number of ether oxygens (including phenoxy) is 1. The third kappa shape index (κ3) is 3.98. The van der Waals surface area contributed by atoms with Crippen LogP contribution in [0, 0.1) is 11.6 Å². The maximum Gasteiger partial charge on any atom is 0.220 e. The first-order valence-electron chi connectivity index (χ1n) is 6.99. The van der Waals surface area contributed by atoms with Crippen LogP contribution in [0.2, 0.25) is 0 Å². The smallest absolute Gasteiger partial charge is 0.220 e. The van der Waals surface area contributed by atoms with Gasteiger partial charge in [-0.25, -0.2) is 8.78 Å². The molecule has 4 nitrogen and oxygen atoms in total. The number of carbonyl (C=O) groups is 1. The molecule has 0 bridgehead atoms. The molecule has 0 aromatic heterocycles. The van der Waals surface area contributed by atoms with E-state index in [1.54, 1.807) is 14.0 Å². The molecule has 1 aromatic rings. The molecule has 1 saturated heterocycles. The third-order valence-electron chi connectivity index (χ3n) is 3.79. The number of halogens is 2. The van der Waals surface area contributed by atoms with Crippen molar-refractivity contribution >= 4 is 5.91 Å². The van der Waals surface area contributed by atoms with Gasteiger partial charge in [0.15, 0.2) is 0 Å². The van der Waals surface area contributed by atoms with Gasteiger partial charge < -0.3 is 15.4 Å². The SMILES string of the molecule is CO[C@H]1CNC[C@@H]1NC(=O)C[C@@H](C)c1ccc(F)cc1F. The van der Waals surface area contributed by atoms with Gasteiger partial charge in [0, 0.05) is 32.7 Å². The molecule has 1 aromatic carbocycles. The van der Waals surface area contributed by atoms with Crippen LogP contribution in [0.15, 0.2) is 18.2 Å². The fraction of sp³-hybridized carbons (Fsp3) is 0.533. The van der Waals surface area contributed by atoms with E-state index in [0.717, 1.165) is 6.07 Å². The van der Waals surface area contributed by atoms with Crippen molar-refractivity contribution in [3.05, 3.63) is 35.4 Å². The van der Waals surface area contributed by atoms with Crippen molar-refractivity contribution in [2.24, 2.45) is 0 Å². The lowest BCUT2D eigenvalue weighted by molar-refractivity contribution is -0.122. The number of hydrogen-bond donors (Lipinski definition) is 2. The molecular formula is C15H20F2N2O2.